The summed E-state index contributed by atoms with van der Waals surface area (Å²) in [5, 5.41) is 13.4. The Balaban J connectivity index is 1.56. The molecule has 2 aromatic carbocycles. The van der Waals surface area contributed by atoms with Crippen molar-refractivity contribution in [2.24, 2.45) is 5.73 Å². The van der Waals surface area contributed by atoms with Gasteiger partial charge in [0.15, 0.2) is 11.5 Å². The average Bonchev–Trinajstić information content (AvgIpc) is 3.47. The van der Waals surface area contributed by atoms with E-state index in [2.05, 4.69) is 5.10 Å². The molecule has 2 N–H and O–H groups in total. The molecule has 37 heavy (non-hydrogen) atoms. The Labute approximate surface area is 210 Å². The van der Waals surface area contributed by atoms with Crippen molar-refractivity contribution >= 4 is 11.6 Å². The third-order valence-corrected chi connectivity index (χ3v) is 6.75. The van der Waals surface area contributed by atoms with Gasteiger partial charge < -0.3 is 15.5 Å². The third-order valence-electron chi connectivity index (χ3n) is 6.75. The molecule has 0 saturated carbocycles. The number of carbonyl (C=O) groups excluding carboxylic acids is 1. The lowest BCUT2D eigenvalue weighted by Crippen LogP contribution is -2.45. The molecule has 192 valence electrons. The fraction of sp³-hybridized carbons (Fsp3) is 0.346. The molecular weight excluding hydrogens is 488 g/mol. The highest BCUT2D eigenvalue weighted by Crippen LogP contribution is 2.33. The summed E-state index contributed by atoms with van der Waals surface area (Å²) in [7, 11) is 0. The number of aromatic nitrogens is 2. The molecule has 1 amide bonds. The Bertz CT molecular complexity index is 1400. The van der Waals surface area contributed by atoms with Crippen LogP contribution in [0.3, 0.4) is 0 Å². The van der Waals surface area contributed by atoms with E-state index >= 15 is 4.39 Å². The van der Waals surface area contributed by atoms with Crippen LogP contribution in [0.15, 0.2) is 42.5 Å². The number of benzene rings is 2. The predicted octanol–water partition coefficient (Wildman–Crippen LogP) is 4.10. The van der Waals surface area contributed by atoms with Crippen molar-refractivity contribution < 1.29 is 22.4 Å². The molecule has 1 unspecified atom stereocenters. The number of nitrogens with two attached hydrogens (primary N) is 1. The van der Waals surface area contributed by atoms with Gasteiger partial charge in [-0.15, -0.1) is 0 Å². The molecule has 3 aromatic rings. The lowest BCUT2D eigenvalue weighted by atomic mass is 10.1. The number of carbonyl (C=O) groups is 1. The molecule has 0 spiro atoms. The van der Waals surface area contributed by atoms with Gasteiger partial charge in [-0.3, -0.25) is 4.79 Å². The molecular formula is C26H24F4N6O. The number of alkyl halides is 2. The van der Waals surface area contributed by atoms with Gasteiger partial charge in [0, 0.05) is 43.3 Å². The van der Waals surface area contributed by atoms with Crippen molar-refractivity contribution in [2.75, 3.05) is 31.1 Å². The third kappa shape index (κ3) is 4.89. The van der Waals surface area contributed by atoms with Gasteiger partial charge in [-0.2, -0.15) is 10.4 Å². The summed E-state index contributed by atoms with van der Waals surface area (Å²) in [6.07, 6.45) is 1.23. The normalized spacial score (nSPS) is 19.2. The second-order valence-corrected chi connectivity index (χ2v) is 9.45. The lowest BCUT2D eigenvalue weighted by molar-refractivity contribution is 0.0257. The minimum Gasteiger partial charge on any atom is -0.365 e. The first-order valence-electron chi connectivity index (χ1n) is 11.9. The summed E-state index contributed by atoms with van der Waals surface area (Å²) in [5.74, 6) is -4.74. The first-order valence-corrected chi connectivity index (χ1v) is 11.9. The molecule has 1 aromatic heterocycles. The standard InChI is InChI=1S/C26H24F4N6O/c27-20-10-16(3-4-17(20)13-31)24-12-22(25(37)34-8-1-2-18(32)14-34)33-36(24)23-6-5-19(11-21(23)28)35-9-7-26(29,30)15-35/h3-6,10-12,18H,1-2,7-9,14-15,32H2. The van der Waals surface area contributed by atoms with Gasteiger partial charge in [-0.25, -0.2) is 22.2 Å². The summed E-state index contributed by atoms with van der Waals surface area (Å²) >= 11 is 0. The van der Waals surface area contributed by atoms with Gasteiger partial charge in [-0.1, -0.05) is 6.07 Å². The van der Waals surface area contributed by atoms with E-state index < -0.39 is 24.1 Å². The summed E-state index contributed by atoms with van der Waals surface area (Å²) in [4.78, 5) is 16.2. The molecule has 0 bridgehead atoms. The lowest BCUT2D eigenvalue weighted by Gasteiger charge is -2.30. The van der Waals surface area contributed by atoms with E-state index in [1.807, 2.05) is 0 Å². The van der Waals surface area contributed by atoms with Crippen LogP contribution in [0.25, 0.3) is 16.9 Å². The van der Waals surface area contributed by atoms with Crippen LogP contribution in [0.1, 0.15) is 35.3 Å². The maximum absolute atomic E-state index is 15.4. The number of amides is 1. The number of nitriles is 1. The maximum atomic E-state index is 15.4. The Morgan fingerprint density at radius 2 is 1.92 bits per heavy atom. The van der Waals surface area contributed by atoms with Crippen molar-refractivity contribution in [2.45, 2.75) is 31.2 Å². The average molecular weight is 513 g/mol. The first-order chi connectivity index (χ1) is 17.6. The molecule has 2 saturated heterocycles. The molecule has 2 fully saturated rings. The molecule has 2 aliphatic heterocycles. The second-order valence-electron chi connectivity index (χ2n) is 9.45. The van der Waals surface area contributed by atoms with Gasteiger partial charge in [0.1, 0.15) is 17.6 Å². The molecule has 0 radical (unpaired) electrons. The van der Waals surface area contributed by atoms with Gasteiger partial charge in [0.2, 0.25) is 0 Å². The number of halogens is 4. The van der Waals surface area contributed by atoms with E-state index in [9.17, 15) is 18.0 Å². The highest BCUT2D eigenvalue weighted by molar-refractivity contribution is 5.93. The summed E-state index contributed by atoms with van der Waals surface area (Å²) in [5.41, 5.74) is 6.65. The monoisotopic (exact) mass is 512 g/mol. The van der Waals surface area contributed by atoms with Crippen molar-refractivity contribution in [1.29, 1.82) is 5.26 Å². The zero-order valence-electron chi connectivity index (χ0n) is 19.8. The van der Waals surface area contributed by atoms with Crippen LogP contribution < -0.4 is 10.6 Å². The first kappa shape index (κ1) is 24.8. The number of anilines is 1. The number of piperidine rings is 1. The molecule has 3 heterocycles. The Hall–Kier alpha value is -3.91. The largest absolute Gasteiger partial charge is 0.365 e. The van der Waals surface area contributed by atoms with Crippen molar-refractivity contribution in [3.63, 3.8) is 0 Å². The summed E-state index contributed by atoms with van der Waals surface area (Å²) in [6.45, 7) is 0.458. The zero-order valence-corrected chi connectivity index (χ0v) is 19.8. The summed E-state index contributed by atoms with van der Waals surface area (Å²) < 4.78 is 58.4. The van der Waals surface area contributed by atoms with Crippen LogP contribution in [0.2, 0.25) is 0 Å². The van der Waals surface area contributed by atoms with Gasteiger partial charge in [0.25, 0.3) is 11.8 Å². The van der Waals surface area contributed by atoms with Gasteiger partial charge in [0.05, 0.1) is 17.8 Å². The van der Waals surface area contributed by atoms with E-state index in [1.54, 1.807) is 11.0 Å². The van der Waals surface area contributed by atoms with E-state index in [-0.39, 0.29) is 53.1 Å². The van der Waals surface area contributed by atoms with E-state index in [0.717, 1.165) is 25.0 Å². The van der Waals surface area contributed by atoms with E-state index in [0.29, 0.717) is 18.8 Å². The minimum atomic E-state index is -2.84. The van der Waals surface area contributed by atoms with Crippen LogP contribution in [0, 0.1) is 23.0 Å². The van der Waals surface area contributed by atoms with Crippen molar-refractivity contribution in [3.05, 3.63) is 65.4 Å². The van der Waals surface area contributed by atoms with Crippen LogP contribution in [-0.2, 0) is 0 Å². The zero-order chi connectivity index (χ0) is 26.3. The van der Waals surface area contributed by atoms with Crippen molar-refractivity contribution in [3.8, 4) is 23.0 Å². The topological polar surface area (TPSA) is 91.2 Å². The highest BCUT2D eigenvalue weighted by Gasteiger charge is 2.38. The van der Waals surface area contributed by atoms with Gasteiger partial charge in [-0.05, 0) is 49.2 Å². The minimum absolute atomic E-state index is 0.0246. The molecule has 5 rings (SSSR count). The van der Waals surface area contributed by atoms with Crippen LogP contribution in [-0.4, -0.2) is 58.7 Å². The Morgan fingerprint density at radius 1 is 1.11 bits per heavy atom. The molecule has 1 atom stereocenters. The van der Waals surface area contributed by atoms with Gasteiger partial charge >= 0.3 is 0 Å². The predicted molar refractivity (Wildman–Crippen MR) is 129 cm³/mol. The SMILES string of the molecule is N#Cc1ccc(-c2cc(C(=O)N3CCCC(N)C3)nn2-c2ccc(N3CCC(F)(F)C3)cc2F)cc1F. The molecule has 11 heteroatoms. The van der Waals surface area contributed by atoms with Crippen LogP contribution >= 0.6 is 0 Å². The van der Waals surface area contributed by atoms with Crippen molar-refractivity contribution in [1.82, 2.24) is 14.7 Å². The molecule has 7 nitrogen and oxygen atoms in total. The number of hydrogen-bond acceptors (Lipinski definition) is 5. The Kier molecular flexibility index (Phi) is 6.37. The smallest absolute Gasteiger partial charge is 0.274 e. The maximum Gasteiger partial charge on any atom is 0.274 e. The number of nitrogens with zero attached hydrogens (tertiary/aromatic N) is 5. The Morgan fingerprint density at radius 3 is 2.57 bits per heavy atom. The fourth-order valence-corrected chi connectivity index (χ4v) is 4.82. The van der Waals surface area contributed by atoms with Crippen LogP contribution in [0.4, 0.5) is 23.2 Å². The van der Waals surface area contributed by atoms with Crippen LogP contribution in [0.5, 0.6) is 0 Å². The summed E-state index contributed by atoms with van der Waals surface area (Å²) in [6, 6.07) is 11.0. The number of likely N-dealkylation sites (tertiary alicyclic amines) is 1. The highest BCUT2D eigenvalue weighted by atomic mass is 19.3. The quantitative estimate of drug-likeness (QED) is 0.532. The van der Waals surface area contributed by atoms with E-state index in [1.165, 1.54) is 39.9 Å². The number of rotatable bonds is 4. The molecule has 0 aliphatic carbocycles. The second kappa shape index (κ2) is 9.52. The fourth-order valence-electron chi connectivity index (χ4n) is 4.82. The molecule has 2 aliphatic rings. The van der Waals surface area contributed by atoms with E-state index in [4.69, 9.17) is 11.0 Å². The number of hydrogen-bond donors (Lipinski definition) is 1.